The highest BCUT2D eigenvalue weighted by Crippen LogP contribution is 2.24. The first-order chi connectivity index (χ1) is 13.8. The van der Waals surface area contributed by atoms with Crippen molar-refractivity contribution in [2.75, 3.05) is 12.0 Å². The molecule has 1 heterocycles. The number of carbonyl (C=O) groups is 4. The minimum atomic E-state index is -0.796. The Labute approximate surface area is 168 Å². The van der Waals surface area contributed by atoms with Crippen LogP contribution in [0.25, 0.3) is 6.08 Å². The molecule has 148 valence electrons. The van der Waals surface area contributed by atoms with E-state index in [2.05, 4.69) is 10.1 Å². The van der Waals surface area contributed by atoms with Crippen LogP contribution in [0.1, 0.15) is 41.3 Å². The minimum absolute atomic E-state index is 0.177. The summed E-state index contributed by atoms with van der Waals surface area (Å²) in [5, 5.41) is 2.19. The van der Waals surface area contributed by atoms with Crippen LogP contribution in [-0.2, 0) is 14.3 Å². The van der Waals surface area contributed by atoms with Crippen LogP contribution in [0.4, 0.5) is 10.5 Å². The van der Waals surface area contributed by atoms with Gasteiger partial charge in [-0.2, -0.15) is 0 Å². The van der Waals surface area contributed by atoms with Crippen LogP contribution in [0, 0.1) is 0 Å². The van der Waals surface area contributed by atoms with Gasteiger partial charge in [-0.3, -0.25) is 14.9 Å². The molecular weight excluding hydrogens is 372 g/mol. The van der Waals surface area contributed by atoms with Crippen molar-refractivity contribution >= 4 is 35.6 Å². The summed E-state index contributed by atoms with van der Waals surface area (Å²) >= 11 is 0. The summed E-state index contributed by atoms with van der Waals surface area (Å²) in [7, 11) is 1.28. The summed E-state index contributed by atoms with van der Waals surface area (Å²) in [4.78, 5) is 49.9. The van der Waals surface area contributed by atoms with Gasteiger partial charge < -0.3 is 4.74 Å². The van der Waals surface area contributed by atoms with Crippen LogP contribution in [0.3, 0.4) is 0 Å². The van der Waals surface area contributed by atoms with Gasteiger partial charge in [-0.25, -0.2) is 14.5 Å². The first kappa shape index (κ1) is 20.0. The maximum atomic E-state index is 12.9. The van der Waals surface area contributed by atoms with Crippen LogP contribution in [-0.4, -0.2) is 30.9 Å². The fourth-order valence-corrected chi connectivity index (χ4v) is 2.90. The number of nitrogens with one attached hydrogen (secondary N) is 1. The molecule has 0 saturated carbocycles. The Morgan fingerprint density at radius 1 is 1.00 bits per heavy atom. The van der Waals surface area contributed by atoms with Crippen molar-refractivity contribution in [3.05, 3.63) is 70.8 Å². The Morgan fingerprint density at radius 2 is 1.62 bits per heavy atom. The number of carbonyl (C=O) groups excluding carboxylic acids is 4. The Morgan fingerprint density at radius 3 is 2.17 bits per heavy atom. The predicted molar refractivity (Wildman–Crippen MR) is 107 cm³/mol. The molecule has 0 atom stereocenters. The molecule has 0 aliphatic carbocycles. The fourth-order valence-electron chi connectivity index (χ4n) is 2.90. The molecule has 1 aliphatic rings. The maximum absolute atomic E-state index is 12.9. The lowest BCUT2D eigenvalue weighted by atomic mass is 10.0. The number of hydrogen-bond acceptors (Lipinski definition) is 5. The number of esters is 1. The zero-order valence-corrected chi connectivity index (χ0v) is 16.3. The van der Waals surface area contributed by atoms with E-state index in [-0.39, 0.29) is 5.57 Å². The SMILES string of the molecule is COC(=O)c1ccc(/C=C2\C(=O)NC(=O)N(c3ccc(C(C)C)cc3)C2=O)cc1. The molecule has 0 aromatic heterocycles. The van der Waals surface area contributed by atoms with Gasteiger partial charge in [0.05, 0.1) is 18.4 Å². The number of barbiturate groups is 1. The Kier molecular flexibility index (Phi) is 5.59. The number of methoxy groups -OCH3 is 1. The van der Waals surface area contributed by atoms with E-state index in [1.54, 1.807) is 24.3 Å². The molecule has 29 heavy (non-hydrogen) atoms. The van der Waals surface area contributed by atoms with E-state index in [1.165, 1.54) is 25.3 Å². The zero-order chi connectivity index (χ0) is 21.1. The van der Waals surface area contributed by atoms with Gasteiger partial charge in [-0.1, -0.05) is 38.1 Å². The third kappa shape index (κ3) is 4.08. The summed E-state index contributed by atoms with van der Waals surface area (Å²) < 4.78 is 4.64. The molecule has 1 aliphatic heterocycles. The van der Waals surface area contributed by atoms with Gasteiger partial charge in [0.25, 0.3) is 11.8 Å². The van der Waals surface area contributed by atoms with Gasteiger partial charge in [0.15, 0.2) is 0 Å². The van der Waals surface area contributed by atoms with E-state index < -0.39 is 23.8 Å². The van der Waals surface area contributed by atoms with Crippen molar-refractivity contribution in [3.63, 3.8) is 0 Å². The molecule has 2 aromatic rings. The number of ether oxygens (including phenoxy) is 1. The Hall–Kier alpha value is -3.74. The lowest BCUT2D eigenvalue weighted by Gasteiger charge is -2.26. The van der Waals surface area contributed by atoms with Gasteiger partial charge in [-0.05, 0) is 47.4 Å². The van der Waals surface area contributed by atoms with Crippen molar-refractivity contribution in [2.45, 2.75) is 19.8 Å². The minimum Gasteiger partial charge on any atom is -0.465 e. The van der Waals surface area contributed by atoms with Crippen molar-refractivity contribution < 1.29 is 23.9 Å². The maximum Gasteiger partial charge on any atom is 0.337 e. The summed E-state index contributed by atoms with van der Waals surface area (Å²) in [6.45, 7) is 4.08. The monoisotopic (exact) mass is 392 g/mol. The molecule has 1 saturated heterocycles. The predicted octanol–water partition coefficient (Wildman–Crippen LogP) is 3.26. The molecule has 0 spiro atoms. The number of hydrogen-bond donors (Lipinski definition) is 1. The smallest absolute Gasteiger partial charge is 0.337 e. The van der Waals surface area contributed by atoms with Gasteiger partial charge in [0.2, 0.25) is 0 Å². The lowest BCUT2D eigenvalue weighted by molar-refractivity contribution is -0.122. The number of amides is 4. The number of urea groups is 1. The van der Waals surface area contributed by atoms with Gasteiger partial charge >= 0.3 is 12.0 Å². The first-order valence-electron chi connectivity index (χ1n) is 9.01. The first-order valence-corrected chi connectivity index (χ1v) is 9.01. The molecule has 0 radical (unpaired) electrons. The van der Waals surface area contributed by atoms with Gasteiger partial charge in [0, 0.05) is 0 Å². The summed E-state index contributed by atoms with van der Waals surface area (Å²) in [6, 6.07) is 12.4. The molecule has 7 nitrogen and oxygen atoms in total. The second kappa shape index (κ2) is 8.10. The molecular formula is C22H20N2O5. The van der Waals surface area contributed by atoms with E-state index in [1.807, 2.05) is 26.0 Å². The number of imide groups is 2. The molecule has 0 unspecified atom stereocenters. The molecule has 1 N–H and O–H groups in total. The fraction of sp³-hybridized carbons (Fsp3) is 0.182. The third-order valence-corrected chi connectivity index (χ3v) is 4.56. The summed E-state index contributed by atoms with van der Waals surface area (Å²) in [6.07, 6.45) is 1.38. The second-order valence-corrected chi connectivity index (χ2v) is 6.82. The average Bonchev–Trinajstić information content (AvgIpc) is 2.71. The van der Waals surface area contributed by atoms with Crippen LogP contribution >= 0.6 is 0 Å². The topological polar surface area (TPSA) is 92.8 Å². The third-order valence-electron chi connectivity index (χ3n) is 4.56. The largest absolute Gasteiger partial charge is 0.465 e. The highest BCUT2D eigenvalue weighted by molar-refractivity contribution is 6.39. The van der Waals surface area contributed by atoms with E-state index >= 15 is 0 Å². The number of anilines is 1. The van der Waals surface area contributed by atoms with E-state index in [0.717, 1.165) is 10.5 Å². The molecule has 2 aromatic carbocycles. The van der Waals surface area contributed by atoms with Crippen LogP contribution in [0.5, 0.6) is 0 Å². The average molecular weight is 392 g/mol. The van der Waals surface area contributed by atoms with E-state index in [4.69, 9.17) is 0 Å². The number of nitrogens with zero attached hydrogens (tertiary/aromatic N) is 1. The lowest BCUT2D eigenvalue weighted by Crippen LogP contribution is -2.54. The van der Waals surface area contributed by atoms with Crippen molar-refractivity contribution in [1.29, 1.82) is 0 Å². The van der Waals surface area contributed by atoms with Crippen LogP contribution in [0.15, 0.2) is 54.1 Å². The summed E-state index contributed by atoms with van der Waals surface area (Å²) in [5.74, 6) is -1.67. The molecule has 0 bridgehead atoms. The van der Waals surface area contributed by atoms with Crippen LogP contribution in [0.2, 0.25) is 0 Å². The molecule has 1 fully saturated rings. The van der Waals surface area contributed by atoms with Gasteiger partial charge in [0.1, 0.15) is 5.57 Å². The van der Waals surface area contributed by atoms with E-state index in [9.17, 15) is 19.2 Å². The number of rotatable bonds is 4. The number of benzene rings is 2. The summed E-state index contributed by atoms with van der Waals surface area (Å²) in [5.41, 5.74) is 2.13. The van der Waals surface area contributed by atoms with Crippen molar-refractivity contribution in [1.82, 2.24) is 5.32 Å². The molecule has 7 heteroatoms. The Bertz CT molecular complexity index is 1000. The normalized spacial score (nSPS) is 15.7. The van der Waals surface area contributed by atoms with Crippen LogP contribution < -0.4 is 10.2 Å². The quantitative estimate of drug-likeness (QED) is 0.490. The molecule has 3 rings (SSSR count). The highest BCUT2D eigenvalue weighted by Gasteiger charge is 2.36. The highest BCUT2D eigenvalue weighted by atomic mass is 16.5. The Balaban J connectivity index is 1.92. The van der Waals surface area contributed by atoms with Crippen molar-refractivity contribution in [2.24, 2.45) is 0 Å². The second-order valence-electron chi connectivity index (χ2n) is 6.82. The van der Waals surface area contributed by atoms with Crippen molar-refractivity contribution in [3.8, 4) is 0 Å². The zero-order valence-electron chi connectivity index (χ0n) is 16.3. The standard InChI is InChI=1S/C22H20N2O5/c1-13(2)15-8-10-17(11-9-15)24-20(26)18(19(25)23-22(24)28)12-14-4-6-16(7-5-14)21(27)29-3/h4-13H,1-3H3,(H,23,25,28)/b18-12+. The van der Waals surface area contributed by atoms with E-state index in [0.29, 0.717) is 22.7 Å². The van der Waals surface area contributed by atoms with Gasteiger partial charge in [-0.15, -0.1) is 0 Å². The molecule has 4 amide bonds.